The van der Waals surface area contributed by atoms with Crippen LogP contribution in [-0.4, -0.2) is 12.1 Å². The number of aromatic nitrogens is 1. The summed E-state index contributed by atoms with van der Waals surface area (Å²) in [6.07, 6.45) is 1.60. The first-order chi connectivity index (χ1) is 7.79. The SMILES string of the molecule is COc1ccccc1Oc1cc(N)ccn1. The van der Waals surface area contributed by atoms with Gasteiger partial charge in [-0.05, 0) is 18.2 Å². The Labute approximate surface area is 93.6 Å². The zero-order valence-corrected chi connectivity index (χ0v) is 8.88. The molecule has 1 heterocycles. The van der Waals surface area contributed by atoms with Gasteiger partial charge < -0.3 is 15.2 Å². The second-order valence-electron chi connectivity index (χ2n) is 3.18. The second kappa shape index (κ2) is 4.53. The molecule has 0 fully saturated rings. The molecular weight excluding hydrogens is 204 g/mol. The third kappa shape index (κ3) is 2.23. The number of ether oxygens (including phenoxy) is 2. The number of rotatable bonds is 3. The Kier molecular flexibility index (Phi) is 2.91. The normalized spacial score (nSPS) is 9.81. The van der Waals surface area contributed by atoms with Crippen LogP contribution >= 0.6 is 0 Å². The number of pyridine rings is 1. The fourth-order valence-corrected chi connectivity index (χ4v) is 1.30. The highest BCUT2D eigenvalue weighted by Gasteiger charge is 2.04. The van der Waals surface area contributed by atoms with E-state index >= 15 is 0 Å². The van der Waals surface area contributed by atoms with Gasteiger partial charge >= 0.3 is 0 Å². The van der Waals surface area contributed by atoms with Gasteiger partial charge in [-0.25, -0.2) is 4.98 Å². The summed E-state index contributed by atoms with van der Waals surface area (Å²) in [5.41, 5.74) is 6.24. The van der Waals surface area contributed by atoms with Crippen molar-refractivity contribution in [3.8, 4) is 17.4 Å². The molecule has 1 aromatic carbocycles. The van der Waals surface area contributed by atoms with Crippen molar-refractivity contribution in [3.05, 3.63) is 42.6 Å². The van der Waals surface area contributed by atoms with Crippen molar-refractivity contribution < 1.29 is 9.47 Å². The highest BCUT2D eigenvalue weighted by molar-refractivity contribution is 5.44. The molecule has 0 spiro atoms. The molecule has 0 saturated carbocycles. The molecule has 0 amide bonds. The summed E-state index contributed by atoms with van der Waals surface area (Å²) in [4.78, 5) is 4.05. The third-order valence-electron chi connectivity index (χ3n) is 2.04. The molecule has 0 unspecified atom stereocenters. The Morgan fingerprint density at radius 1 is 1.12 bits per heavy atom. The molecule has 82 valence electrons. The first-order valence-electron chi connectivity index (χ1n) is 4.82. The number of nitrogens with zero attached hydrogens (tertiary/aromatic N) is 1. The van der Waals surface area contributed by atoms with Gasteiger partial charge in [-0.15, -0.1) is 0 Å². The number of hydrogen-bond donors (Lipinski definition) is 1. The Hall–Kier alpha value is -2.23. The maximum Gasteiger partial charge on any atom is 0.221 e. The van der Waals surface area contributed by atoms with Gasteiger partial charge in [0.2, 0.25) is 5.88 Å². The maximum absolute atomic E-state index is 5.63. The lowest BCUT2D eigenvalue weighted by Gasteiger charge is -2.08. The van der Waals surface area contributed by atoms with Crippen molar-refractivity contribution in [1.82, 2.24) is 4.98 Å². The Balaban J connectivity index is 2.26. The Morgan fingerprint density at radius 2 is 1.88 bits per heavy atom. The molecule has 16 heavy (non-hydrogen) atoms. The van der Waals surface area contributed by atoms with Crippen molar-refractivity contribution in [2.45, 2.75) is 0 Å². The first kappa shape index (κ1) is 10.3. The van der Waals surface area contributed by atoms with Crippen LogP contribution in [0.2, 0.25) is 0 Å². The van der Waals surface area contributed by atoms with Gasteiger partial charge in [0.05, 0.1) is 7.11 Å². The highest BCUT2D eigenvalue weighted by Crippen LogP contribution is 2.30. The third-order valence-corrected chi connectivity index (χ3v) is 2.04. The number of methoxy groups -OCH3 is 1. The van der Waals surface area contributed by atoms with E-state index in [0.717, 1.165) is 0 Å². The van der Waals surface area contributed by atoms with Gasteiger partial charge in [-0.3, -0.25) is 0 Å². The summed E-state index contributed by atoms with van der Waals surface area (Å²) < 4.78 is 10.7. The predicted octanol–water partition coefficient (Wildman–Crippen LogP) is 2.46. The molecule has 4 heteroatoms. The van der Waals surface area contributed by atoms with E-state index in [9.17, 15) is 0 Å². The Morgan fingerprint density at radius 3 is 2.56 bits per heavy atom. The van der Waals surface area contributed by atoms with Gasteiger partial charge in [-0.1, -0.05) is 12.1 Å². The summed E-state index contributed by atoms with van der Waals surface area (Å²) in [5.74, 6) is 1.72. The van der Waals surface area contributed by atoms with Crippen LogP contribution in [0.4, 0.5) is 5.69 Å². The number of benzene rings is 1. The Bertz CT molecular complexity index is 486. The average molecular weight is 216 g/mol. The first-order valence-corrected chi connectivity index (χ1v) is 4.82. The lowest BCUT2D eigenvalue weighted by molar-refractivity contribution is 0.374. The molecule has 2 aromatic rings. The summed E-state index contributed by atoms with van der Waals surface area (Å²) in [5, 5.41) is 0. The van der Waals surface area contributed by atoms with Crippen LogP contribution in [0.25, 0.3) is 0 Å². The average Bonchev–Trinajstić information content (AvgIpc) is 2.30. The maximum atomic E-state index is 5.63. The summed E-state index contributed by atoms with van der Waals surface area (Å²) in [6, 6.07) is 10.7. The van der Waals surface area contributed by atoms with E-state index in [2.05, 4.69) is 4.98 Å². The minimum absolute atomic E-state index is 0.449. The summed E-state index contributed by atoms with van der Waals surface area (Å²) in [7, 11) is 1.59. The van der Waals surface area contributed by atoms with Gasteiger partial charge in [0.1, 0.15) is 0 Å². The molecule has 0 bridgehead atoms. The summed E-state index contributed by atoms with van der Waals surface area (Å²) in [6.45, 7) is 0. The molecule has 0 aliphatic rings. The monoisotopic (exact) mass is 216 g/mol. The van der Waals surface area contributed by atoms with Gasteiger partial charge in [0.25, 0.3) is 0 Å². The van der Waals surface area contributed by atoms with E-state index in [0.29, 0.717) is 23.1 Å². The van der Waals surface area contributed by atoms with Crippen LogP contribution < -0.4 is 15.2 Å². The molecule has 1 aromatic heterocycles. The standard InChI is InChI=1S/C12H12N2O2/c1-15-10-4-2-3-5-11(10)16-12-8-9(13)6-7-14-12/h2-8H,1H3,(H2,13,14). The largest absolute Gasteiger partial charge is 0.493 e. The molecule has 0 saturated heterocycles. The fourth-order valence-electron chi connectivity index (χ4n) is 1.30. The summed E-state index contributed by atoms with van der Waals surface area (Å²) >= 11 is 0. The topological polar surface area (TPSA) is 57.4 Å². The molecular formula is C12H12N2O2. The van der Waals surface area contributed by atoms with Gasteiger partial charge in [0, 0.05) is 18.0 Å². The number of nitrogen functional groups attached to an aromatic ring is 1. The molecule has 0 radical (unpaired) electrons. The molecule has 2 N–H and O–H groups in total. The highest BCUT2D eigenvalue weighted by atomic mass is 16.5. The van der Waals surface area contributed by atoms with E-state index in [-0.39, 0.29) is 0 Å². The van der Waals surface area contributed by atoms with Crippen LogP contribution in [0.1, 0.15) is 0 Å². The van der Waals surface area contributed by atoms with E-state index in [1.807, 2.05) is 24.3 Å². The van der Waals surface area contributed by atoms with E-state index in [4.69, 9.17) is 15.2 Å². The van der Waals surface area contributed by atoms with Crippen molar-refractivity contribution in [2.75, 3.05) is 12.8 Å². The molecule has 0 aliphatic heterocycles. The van der Waals surface area contributed by atoms with Crippen molar-refractivity contribution in [3.63, 3.8) is 0 Å². The van der Waals surface area contributed by atoms with E-state index in [1.165, 1.54) is 0 Å². The van der Waals surface area contributed by atoms with Gasteiger partial charge in [0.15, 0.2) is 11.5 Å². The quantitative estimate of drug-likeness (QED) is 0.856. The van der Waals surface area contributed by atoms with Crippen LogP contribution in [0, 0.1) is 0 Å². The van der Waals surface area contributed by atoms with Gasteiger partial charge in [-0.2, -0.15) is 0 Å². The number of anilines is 1. The lowest BCUT2D eigenvalue weighted by Crippen LogP contribution is -1.93. The van der Waals surface area contributed by atoms with Crippen LogP contribution in [-0.2, 0) is 0 Å². The number of nitrogens with two attached hydrogens (primary N) is 1. The molecule has 2 rings (SSSR count). The van der Waals surface area contributed by atoms with Crippen LogP contribution in [0.3, 0.4) is 0 Å². The number of hydrogen-bond acceptors (Lipinski definition) is 4. The molecule has 0 aliphatic carbocycles. The zero-order valence-electron chi connectivity index (χ0n) is 8.88. The molecule has 4 nitrogen and oxygen atoms in total. The minimum Gasteiger partial charge on any atom is -0.493 e. The second-order valence-corrected chi connectivity index (χ2v) is 3.18. The van der Waals surface area contributed by atoms with Crippen molar-refractivity contribution >= 4 is 5.69 Å². The lowest BCUT2D eigenvalue weighted by atomic mass is 10.3. The fraction of sp³-hybridized carbons (Fsp3) is 0.0833. The van der Waals surface area contributed by atoms with E-state index < -0.39 is 0 Å². The van der Waals surface area contributed by atoms with Crippen molar-refractivity contribution in [1.29, 1.82) is 0 Å². The molecule has 0 atom stereocenters. The van der Waals surface area contributed by atoms with E-state index in [1.54, 1.807) is 25.4 Å². The van der Waals surface area contributed by atoms with Crippen LogP contribution in [0.15, 0.2) is 42.6 Å². The number of para-hydroxylation sites is 2. The zero-order chi connectivity index (χ0) is 11.4. The van der Waals surface area contributed by atoms with Crippen LogP contribution in [0.5, 0.6) is 17.4 Å². The smallest absolute Gasteiger partial charge is 0.221 e. The minimum atomic E-state index is 0.449. The predicted molar refractivity (Wildman–Crippen MR) is 61.7 cm³/mol. The van der Waals surface area contributed by atoms with Crippen molar-refractivity contribution in [2.24, 2.45) is 0 Å².